The normalized spacial score (nSPS) is 16.9. The molecular formula is C49H53N6O7P. The first kappa shape index (κ1) is 45.2. The van der Waals surface area contributed by atoms with E-state index < -0.39 is 38.3 Å². The van der Waals surface area contributed by atoms with Crippen LogP contribution in [0.5, 0.6) is 11.5 Å². The Hall–Kier alpha value is -5.84. The molecule has 1 unspecified atom stereocenters. The van der Waals surface area contributed by atoms with Crippen LogP contribution < -0.4 is 15.2 Å². The predicted octanol–water partition coefficient (Wildman–Crippen LogP) is 9.34. The van der Waals surface area contributed by atoms with Crippen molar-refractivity contribution in [2.75, 3.05) is 27.4 Å². The Labute approximate surface area is 370 Å². The van der Waals surface area contributed by atoms with Crippen LogP contribution in [0.3, 0.4) is 0 Å². The lowest BCUT2D eigenvalue weighted by Gasteiger charge is -2.39. The molecule has 0 radical (unpaired) electrons. The van der Waals surface area contributed by atoms with E-state index in [2.05, 4.69) is 48.4 Å². The smallest absolute Gasteiger partial charge is 0.350 e. The zero-order valence-electron chi connectivity index (χ0n) is 36.4. The number of benzene rings is 3. The molecular weight excluding hydrogens is 816 g/mol. The van der Waals surface area contributed by atoms with Crippen molar-refractivity contribution in [1.82, 2.24) is 24.2 Å². The third kappa shape index (κ3) is 10.4. The third-order valence-corrected chi connectivity index (χ3v) is 12.9. The molecule has 3 aromatic carbocycles. The molecule has 0 aliphatic carbocycles. The van der Waals surface area contributed by atoms with E-state index in [0.29, 0.717) is 34.3 Å². The minimum atomic E-state index is -1.68. The van der Waals surface area contributed by atoms with Crippen molar-refractivity contribution in [2.24, 2.45) is 0 Å². The molecule has 4 atom stereocenters. The van der Waals surface area contributed by atoms with E-state index in [9.17, 15) is 10.1 Å². The molecule has 0 N–H and O–H groups in total. The van der Waals surface area contributed by atoms with Gasteiger partial charge in [0.25, 0.3) is 8.53 Å². The highest BCUT2D eigenvalue weighted by Crippen LogP contribution is 2.51. The van der Waals surface area contributed by atoms with Crippen LogP contribution in [-0.2, 0) is 24.1 Å². The van der Waals surface area contributed by atoms with Crippen LogP contribution in [-0.4, -0.2) is 75.9 Å². The van der Waals surface area contributed by atoms with Crippen molar-refractivity contribution < 1.29 is 28.0 Å². The molecule has 6 aromatic rings. The summed E-state index contributed by atoms with van der Waals surface area (Å²) in [6, 6.07) is 41.0. The van der Waals surface area contributed by atoms with Crippen molar-refractivity contribution in [3.63, 3.8) is 0 Å². The summed E-state index contributed by atoms with van der Waals surface area (Å²) in [7, 11) is 1.59. The molecule has 7 rings (SSSR count). The summed E-state index contributed by atoms with van der Waals surface area (Å²) in [5, 5.41) is 9.42. The molecule has 1 saturated heterocycles. The fraction of sp³-hybridized carbons (Fsp3) is 0.327. The van der Waals surface area contributed by atoms with Gasteiger partial charge >= 0.3 is 5.69 Å². The standard InChI is InChI=1S/C49H53N6O7P/c1-34(2)55(35(3)4)63(60-31-13-28-50)62-45-32-47(54-30-27-44(53-48(54)56)43-18-12-17-42(52-43)41-16-10-11-29-51-41)61-46(45)33-59-49(36-14-8-7-9-15-36,37-19-23-39(57-5)24-20-37)38-21-25-40(58-6)26-22-38/h7-12,14-27,29-30,34-35,45-47H,13,31-33H2,1-6H3/t45-,46+,47+,63?/m0/s1. The molecule has 326 valence electrons. The Morgan fingerprint density at radius 1 is 0.778 bits per heavy atom. The maximum Gasteiger partial charge on any atom is 0.350 e. The van der Waals surface area contributed by atoms with Gasteiger partial charge in [-0.25, -0.2) is 14.4 Å². The lowest BCUT2D eigenvalue weighted by atomic mass is 9.80. The molecule has 0 amide bonds. The van der Waals surface area contributed by atoms with Gasteiger partial charge in [-0.3, -0.25) is 9.55 Å². The Kier molecular flexibility index (Phi) is 15.1. The Balaban J connectivity index is 1.27. The molecule has 4 heterocycles. The lowest BCUT2D eigenvalue weighted by molar-refractivity contribution is -0.0925. The fourth-order valence-electron chi connectivity index (χ4n) is 7.83. The first-order valence-corrected chi connectivity index (χ1v) is 22.1. The molecule has 1 aliphatic heterocycles. The van der Waals surface area contributed by atoms with Crippen LogP contribution in [0.25, 0.3) is 22.8 Å². The van der Waals surface area contributed by atoms with Crippen LogP contribution in [0.15, 0.2) is 139 Å². The summed E-state index contributed by atoms with van der Waals surface area (Å²) < 4.78 is 42.4. The summed E-state index contributed by atoms with van der Waals surface area (Å²) in [4.78, 5) is 27.7. The van der Waals surface area contributed by atoms with Crippen molar-refractivity contribution in [3.05, 3.63) is 161 Å². The molecule has 0 spiro atoms. The molecule has 1 aliphatic rings. The molecule has 63 heavy (non-hydrogen) atoms. The number of aromatic nitrogens is 4. The van der Waals surface area contributed by atoms with Gasteiger partial charge in [0.2, 0.25) is 0 Å². The Morgan fingerprint density at radius 2 is 1.37 bits per heavy atom. The third-order valence-electron chi connectivity index (χ3n) is 10.8. The van der Waals surface area contributed by atoms with E-state index in [-0.39, 0.29) is 38.1 Å². The Morgan fingerprint density at radius 3 is 1.94 bits per heavy atom. The van der Waals surface area contributed by atoms with Gasteiger partial charge in [-0.15, -0.1) is 0 Å². The molecule has 0 saturated carbocycles. The van der Waals surface area contributed by atoms with E-state index in [1.165, 1.54) is 4.57 Å². The monoisotopic (exact) mass is 868 g/mol. The molecule has 14 heteroatoms. The number of pyridine rings is 2. The van der Waals surface area contributed by atoms with E-state index in [4.69, 9.17) is 33.0 Å². The number of nitriles is 1. The largest absolute Gasteiger partial charge is 0.497 e. The van der Waals surface area contributed by atoms with Gasteiger partial charge in [-0.2, -0.15) is 10.2 Å². The lowest BCUT2D eigenvalue weighted by Crippen LogP contribution is -2.39. The number of hydrogen-bond donors (Lipinski definition) is 0. The van der Waals surface area contributed by atoms with Gasteiger partial charge in [0.05, 0.1) is 68.8 Å². The van der Waals surface area contributed by atoms with Crippen LogP contribution in [0.2, 0.25) is 0 Å². The van der Waals surface area contributed by atoms with E-state index in [0.717, 1.165) is 16.7 Å². The minimum absolute atomic E-state index is 0.0450. The van der Waals surface area contributed by atoms with Crippen molar-refractivity contribution in [2.45, 2.75) is 76.7 Å². The number of nitrogens with zero attached hydrogens (tertiary/aromatic N) is 6. The molecule has 0 bridgehead atoms. The molecule has 1 fully saturated rings. The maximum absolute atomic E-state index is 14.0. The van der Waals surface area contributed by atoms with E-state index in [1.54, 1.807) is 32.7 Å². The van der Waals surface area contributed by atoms with Crippen molar-refractivity contribution >= 4 is 8.53 Å². The van der Waals surface area contributed by atoms with Gasteiger partial charge < -0.3 is 28.0 Å². The van der Waals surface area contributed by atoms with Crippen molar-refractivity contribution in [1.29, 1.82) is 5.26 Å². The summed E-state index contributed by atoms with van der Waals surface area (Å²) in [5.74, 6) is 1.41. The predicted molar refractivity (Wildman–Crippen MR) is 242 cm³/mol. The summed E-state index contributed by atoms with van der Waals surface area (Å²) in [6.45, 7) is 8.60. The van der Waals surface area contributed by atoms with Gasteiger partial charge in [0.15, 0.2) is 0 Å². The average molecular weight is 869 g/mol. The zero-order valence-corrected chi connectivity index (χ0v) is 37.3. The van der Waals surface area contributed by atoms with Crippen LogP contribution >= 0.6 is 8.53 Å². The average Bonchev–Trinajstić information content (AvgIpc) is 3.71. The van der Waals surface area contributed by atoms with Crippen LogP contribution in [0.1, 0.15) is 63.5 Å². The SMILES string of the molecule is COc1ccc(C(OC[C@H]2O[C@@H](n3ccc(-c4cccc(-c5ccccn5)n4)nc3=O)C[C@@H]2OP(OCCC#N)N(C(C)C)C(C)C)(c2ccccc2)c2ccc(OC)cc2)cc1. The molecule has 3 aromatic heterocycles. The zero-order chi connectivity index (χ0) is 44.3. The van der Waals surface area contributed by atoms with E-state index >= 15 is 0 Å². The van der Waals surface area contributed by atoms with Gasteiger partial charge in [-0.1, -0.05) is 66.7 Å². The highest BCUT2D eigenvalue weighted by molar-refractivity contribution is 7.44. The first-order chi connectivity index (χ1) is 30.6. The van der Waals surface area contributed by atoms with Crippen LogP contribution in [0, 0.1) is 11.3 Å². The summed E-state index contributed by atoms with van der Waals surface area (Å²) in [5.41, 5.74) is 3.30. The van der Waals surface area contributed by atoms with Gasteiger partial charge in [-0.05, 0) is 99.0 Å². The Bertz CT molecular complexity index is 2430. The summed E-state index contributed by atoms with van der Waals surface area (Å²) in [6.07, 6.45) is 1.84. The number of rotatable bonds is 19. The quantitative estimate of drug-likeness (QED) is 0.0435. The van der Waals surface area contributed by atoms with Gasteiger partial charge in [0, 0.05) is 30.9 Å². The van der Waals surface area contributed by atoms with Gasteiger partial charge in [0.1, 0.15) is 29.4 Å². The second-order valence-corrected chi connectivity index (χ2v) is 16.9. The molecule has 13 nitrogen and oxygen atoms in total. The number of ether oxygens (including phenoxy) is 4. The topological polar surface area (TPSA) is 143 Å². The minimum Gasteiger partial charge on any atom is -0.497 e. The maximum atomic E-state index is 14.0. The number of methoxy groups -OCH3 is 2. The van der Waals surface area contributed by atoms with Crippen molar-refractivity contribution in [3.8, 4) is 40.3 Å². The highest BCUT2D eigenvalue weighted by Gasteiger charge is 2.45. The fourth-order valence-corrected chi connectivity index (χ4v) is 9.59. The second-order valence-electron chi connectivity index (χ2n) is 15.5. The first-order valence-electron chi connectivity index (χ1n) is 21.0. The number of hydrogen-bond acceptors (Lipinski definition) is 12. The highest BCUT2D eigenvalue weighted by atomic mass is 31.2. The summed E-state index contributed by atoms with van der Waals surface area (Å²) >= 11 is 0. The van der Waals surface area contributed by atoms with Crippen LogP contribution in [0.4, 0.5) is 0 Å². The van der Waals surface area contributed by atoms with E-state index in [1.807, 2.05) is 115 Å². The second kappa shape index (κ2) is 21.0.